The molecule has 0 aliphatic rings. The molecule has 0 amide bonds. The van der Waals surface area contributed by atoms with Crippen LogP contribution in [-0.2, 0) is 0 Å². The maximum atomic E-state index is 13.0. The molecule has 3 rings (SSSR count). The number of halogens is 1. The van der Waals surface area contributed by atoms with Gasteiger partial charge in [-0.15, -0.1) is 0 Å². The normalized spacial score (nSPS) is 10.9. The van der Waals surface area contributed by atoms with Gasteiger partial charge in [-0.05, 0) is 0 Å². The van der Waals surface area contributed by atoms with Crippen LogP contribution in [0.4, 0.5) is 4.39 Å². The summed E-state index contributed by atoms with van der Waals surface area (Å²) in [6.07, 6.45) is 1.52. The van der Waals surface area contributed by atoms with Crippen LogP contribution in [0, 0.1) is 5.95 Å². The van der Waals surface area contributed by atoms with Gasteiger partial charge in [0.25, 0.3) is 0 Å². The molecule has 2 heterocycles. The van der Waals surface area contributed by atoms with Crippen LogP contribution < -0.4 is 3.80 Å². The number of pyridine rings is 1. The zero-order valence-corrected chi connectivity index (χ0v) is 11.2. The van der Waals surface area contributed by atoms with Gasteiger partial charge in [0.15, 0.2) is 0 Å². The first kappa shape index (κ1) is 10.8. The number of aromatic nitrogens is 3. The molecule has 2 radical (unpaired) electrons. The summed E-state index contributed by atoms with van der Waals surface area (Å²) in [5, 5.41) is 10.6. The number of rotatable bonds is 1. The first-order valence-electron chi connectivity index (χ1n) is 4.80. The van der Waals surface area contributed by atoms with E-state index in [4.69, 9.17) is 0 Å². The molecule has 6 heteroatoms. The summed E-state index contributed by atoms with van der Waals surface area (Å²) in [5.41, 5.74) is 0.943. The number of fused-ring (bicyclic) bond motifs is 1. The molecule has 0 fully saturated rings. The van der Waals surface area contributed by atoms with Crippen LogP contribution in [0.3, 0.4) is 0 Å². The predicted molar refractivity (Wildman–Crippen MR) is 66.0 cm³/mol. The van der Waals surface area contributed by atoms with Crippen LogP contribution in [0.5, 0.6) is 0 Å². The van der Waals surface area contributed by atoms with E-state index in [1.807, 2.05) is 18.2 Å². The van der Waals surface area contributed by atoms with Gasteiger partial charge in [-0.1, -0.05) is 0 Å². The molecule has 0 N–H and O–H groups in total. The van der Waals surface area contributed by atoms with Gasteiger partial charge in [0, 0.05) is 0 Å². The Bertz CT molecular complexity index is 698. The van der Waals surface area contributed by atoms with E-state index in [-0.39, 0.29) is 0 Å². The molecule has 3 nitrogen and oxygen atoms in total. The van der Waals surface area contributed by atoms with Gasteiger partial charge < -0.3 is 0 Å². The van der Waals surface area contributed by atoms with Gasteiger partial charge in [0.05, 0.1) is 0 Å². The number of nitrogens with zero attached hydrogens (tertiary/aromatic N) is 3. The van der Waals surface area contributed by atoms with Crippen LogP contribution in [0.2, 0.25) is 0 Å². The summed E-state index contributed by atoms with van der Waals surface area (Å²) in [5.74, 6) is -0.472. The Balaban J connectivity index is 2.18. The number of hydrogen-bond donors (Lipinski definition) is 0. The van der Waals surface area contributed by atoms with Gasteiger partial charge in [-0.3, -0.25) is 0 Å². The first-order chi connectivity index (χ1) is 8.22. The average Bonchev–Trinajstić information content (AvgIpc) is 2.75. The maximum absolute atomic E-state index is 13.0. The van der Waals surface area contributed by atoms with Gasteiger partial charge in [-0.25, -0.2) is 0 Å². The summed E-state index contributed by atoms with van der Waals surface area (Å²) in [4.78, 5) is 3.62. The van der Waals surface area contributed by atoms with Gasteiger partial charge in [0.1, 0.15) is 0 Å². The fourth-order valence-electron chi connectivity index (χ4n) is 1.58. The Hall–Kier alpha value is -1.32. The van der Waals surface area contributed by atoms with Crippen molar-refractivity contribution in [2.24, 2.45) is 0 Å². The van der Waals surface area contributed by atoms with Crippen molar-refractivity contribution >= 4 is 42.8 Å². The monoisotopic (exact) mass is 305 g/mol. The predicted octanol–water partition coefficient (Wildman–Crippen LogP) is 1.69. The van der Waals surface area contributed by atoms with E-state index in [1.165, 1.54) is 23.6 Å². The summed E-state index contributed by atoms with van der Waals surface area (Å²) < 4.78 is 13.9. The number of benzene rings is 1. The van der Waals surface area contributed by atoms with Crippen molar-refractivity contribution in [1.82, 2.24) is 15.2 Å². The van der Waals surface area contributed by atoms with Gasteiger partial charge in [0.2, 0.25) is 0 Å². The van der Waals surface area contributed by atoms with E-state index in [9.17, 15) is 4.39 Å². The van der Waals surface area contributed by atoms with Gasteiger partial charge in [-0.2, -0.15) is 0 Å². The third-order valence-corrected chi connectivity index (χ3v) is 3.89. The van der Waals surface area contributed by atoms with E-state index in [0.717, 1.165) is 25.1 Å². The Morgan fingerprint density at radius 2 is 2.00 bits per heavy atom. The van der Waals surface area contributed by atoms with Crippen LogP contribution in [0.15, 0.2) is 30.5 Å². The molecular weight excluding hydrogens is 300 g/mol. The molecule has 0 atom stereocenters. The summed E-state index contributed by atoms with van der Waals surface area (Å²) in [6.45, 7) is 0. The molecule has 2 aromatic heterocycles. The third-order valence-electron chi connectivity index (χ3n) is 2.35. The van der Waals surface area contributed by atoms with Crippen molar-refractivity contribution in [3.05, 3.63) is 36.4 Å². The second kappa shape index (κ2) is 4.17. The fourth-order valence-corrected chi connectivity index (χ4v) is 2.80. The molecule has 0 bridgehead atoms. The zero-order chi connectivity index (χ0) is 11.8. The van der Waals surface area contributed by atoms with Crippen molar-refractivity contribution in [2.45, 2.75) is 0 Å². The quantitative estimate of drug-likeness (QED) is 0.507. The van der Waals surface area contributed by atoms with Crippen LogP contribution in [-0.4, -0.2) is 32.0 Å². The van der Waals surface area contributed by atoms with Crippen LogP contribution in [0.25, 0.3) is 21.3 Å². The van der Waals surface area contributed by atoms with Crippen LogP contribution in [0.1, 0.15) is 0 Å². The Labute approximate surface area is 109 Å². The summed E-state index contributed by atoms with van der Waals surface area (Å²) in [7, 11) is 0. The Kier molecular flexibility index (Phi) is 2.65. The van der Waals surface area contributed by atoms with E-state index in [0.29, 0.717) is 0 Å². The zero-order valence-electron chi connectivity index (χ0n) is 8.46. The molecule has 0 spiro atoms. The summed E-state index contributed by atoms with van der Waals surface area (Å²) >= 11 is 3.86. The second-order valence-corrected chi connectivity index (χ2v) is 5.98. The van der Waals surface area contributed by atoms with E-state index in [1.54, 1.807) is 0 Å². The molecule has 0 saturated heterocycles. The molecular formula is C11H5AsFN3S. The molecule has 3 aromatic rings. The molecule has 0 aliphatic carbocycles. The molecule has 17 heavy (non-hydrogen) atoms. The van der Waals surface area contributed by atoms with E-state index >= 15 is 0 Å². The Morgan fingerprint density at radius 1 is 1.12 bits per heavy atom. The average molecular weight is 305 g/mol. The van der Waals surface area contributed by atoms with Gasteiger partial charge >= 0.3 is 109 Å². The molecule has 0 aliphatic heterocycles. The fraction of sp³-hybridized carbons (Fsp3) is 0. The SMILES string of the molecule is Fc1cc2cc(-c3nnc([As])s3)ccc2cn1. The van der Waals surface area contributed by atoms with Crippen molar-refractivity contribution in [3.63, 3.8) is 0 Å². The van der Waals surface area contributed by atoms with Crippen molar-refractivity contribution in [3.8, 4) is 10.6 Å². The molecule has 0 saturated carbocycles. The third kappa shape index (κ3) is 2.08. The minimum absolute atomic E-state index is 0.472. The molecule has 1 aromatic carbocycles. The molecule has 0 unspecified atom stereocenters. The minimum atomic E-state index is -0.472. The van der Waals surface area contributed by atoms with Crippen molar-refractivity contribution in [1.29, 1.82) is 0 Å². The Morgan fingerprint density at radius 3 is 2.76 bits per heavy atom. The summed E-state index contributed by atoms with van der Waals surface area (Å²) in [6, 6.07) is 7.16. The van der Waals surface area contributed by atoms with Crippen LogP contribution >= 0.6 is 11.3 Å². The number of hydrogen-bond acceptors (Lipinski definition) is 4. The molecule has 82 valence electrons. The van der Waals surface area contributed by atoms with E-state index in [2.05, 4.69) is 32.0 Å². The van der Waals surface area contributed by atoms with E-state index < -0.39 is 5.95 Å². The standard InChI is InChI=1S/C11H5AsFN3S/c12-11-16-15-10(17-11)6-1-2-7-5-14-9(13)4-8(7)3-6/h1-5H. The second-order valence-electron chi connectivity index (χ2n) is 3.46. The topological polar surface area (TPSA) is 38.7 Å². The van der Waals surface area contributed by atoms with Crippen molar-refractivity contribution in [2.75, 3.05) is 0 Å². The first-order valence-corrected chi connectivity index (χ1v) is 6.56. The van der Waals surface area contributed by atoms with Crippen molar-refractivity contribution < 1.29 is 4.39 Å².